The quantitative estimate of drug-likeness (QED) is 0.298. The van der Waals surface area contributed by atoms with E-state index >= 15 is 0 Å². The fourth-order valence-corrected chi connectivity index (χ4v) is 0.423. The number of allylic oxidation sites excluding steroid dienone is 3. The molecule has 0 spiro atoms. The smallest absolute Gasteiger partial charge is 0.242 e. The SMILES string of the molecule is C=C(C)C(=O)OOC(=O)/C=C/C=C/C. The van der Waals surface area contributed by atoms with Crippen LogP contribution in [0.15, 0.2) is 36.5 Å². The third-order valence-electron chi connectivity index (χ3n) is 1.08. The first kappa shape index (κ1) is 12.2. The van der Waals surface area contributed by atoms with E-state index in [1.54, 1.807) is 19.1 Å². The number of hydrogen-bond acceptors (Lipinski definition) is 4. The summed E-state index contributed by atoms with van der Waals surface area (Å²) in [4.78, 5) is 29.8. The van der Waals surface area contributed by atoms with Gasteiger partial charge in [-0.1, -0.05) is 24.8 Å². The van der Waals surface area contributed by atoms with Crippen molar-refractivity contribution in [3.05, 3.63) is 36.5 Å². The zero-order valence-electron chi connectivity index (χ0n) is 8.15. The number of carbonyl (C=O) groups excluding carboxylic acids is 2. The van der Waals surface area contributed by atoms with Crippen molar-refractivity contribution in [3.8, 4) is 0 Å². The first-order chi connectivity index (χ1) is 6.57. The number of rotatable bonds is 3. The van der Waals surface area contributed by atoms with Crippen LogP contribution in [0.1, 0.15) is 13.8 Å². The van der Waals surface area contributed by atoms with Crippen molar-refractivity contribution in [3.63, 3.8) is 0 Å². The average molecular weight is 196 g/mol. The van der Waals surface area contributed by atoms with E-state index in [2.05, 4.69) is 16.4 Å². The summed E-state index contributed by atoms with van der Waals surface area (Å²) in [6.07, 6.45) is 5.98. The first-order valence-corrected chi connectivity index (χ1v) is 3.95. The van der Waals surface area contributed by atoms with E-state index in [9.17, 15) is 9.59 Å². The zero-order chi connectivity index (χ0) is 11.0. The van der Waals surface area contributed by atoms with Gasteiger partial charge in [-0.3, -0.25) is 0 Å². The molecule has 0 aromatic rings. The largest absolute Gasteiger partial charge is 0.381 e. The van der Waals surface area contributed by atoms with Gasteiger partial charge in [-0.25, -0.2) is 19.4 Å². The van der Waals surface area contributed by atoms with E-state index in [0.29, 0.717) is 0 Å². The highest BCUT2D eigenvalue weighted by Crippen LogP contribution is 1.93. The van der Waals surface area contributed by atoms with E-state index in [4.69, 9.17) is 0 Å². The van der Waals surface area contributed by atoms with Crippen molar-refractivity contribution < 1.29 is 19.4 Å². The Morgan fingerprint density at radius 3 is 2.36 bits per heavy atom. The molecule has 0 aliphatic rings. The van der Waals surface area contributed by atoms with Gasteiger partial charge in [-0.2, -0.15) is 0 Å². The lowest BCUT2D eigenvalue weighted by Gasteiger charge is -1.98. The Labute approximate surface area is 82.4 Å². The van der Waals surface area contributed by atoms with Crippen LogP contribution in [-0.4, -0.2) is 11.9 Å². The van der Waals surface area contributed by atoms with Crippen molar-refractivity contribution >= 4 is 11.9 Å². The molecule has 0 saturated carbocycles. The molecule has 0 saturated heterocycles. The Hall–Kier alpha value is -1.84. The number of carbonyl (C=O) groups is 2. The van der Waals surface area contributed by atoms with E-state index in [-0.39, 0.29) is 5.57 Å². The molecule has 0 N–H and O–H groups in total. The topological polar surface area (TPSA) is 52.6 Å². The van der Waals surface area contributed by atoms with E-state index in [1.165, 1.54) is 13.0 Å². The van der Waals surface area contributed by atoms with Crippen LogP contribution in [0.4, 0.5) is 0 Å². The van der Waals surface area contributed by atoms with Crippen LogP contribution in [0.2, 0.25) is 0 Å². The fourth-order valence-electron chi connectivity index (χ4n) is 0.423. The minimum Gasteiger partial charge on any atom is -0.242 e. The third kappa shape index (κ3) is 5.77. The summed E-state index contributed by atoms with van der Waals surface area (Å²) in [6.45, 7) is 6.57. The summed E-state index contributed by atoms with van der Waals surface area (Å²) in [5, 5.41) is 0. The maximum Gasteiger partial charge on any atom is 0.381 e. The van der Waals surface area contributed by atoms with Crippen LogP contribution in [-0.2, 0) is 19.4 Å². The van der Waals surface area contributed by atoms with Gasteiger partial charge in [0.1, 0.15) is 0 Å². The highest BCUT2D eigenvalue weighted by molar-refractivity contribution is 5.88. The molecular formula is C10H12O4. The molecule has 0 amide bonds. The molecule has 0 fully saturated rings. The van der Waals surface area contributed by atoms with Crippen molar-refractivity contribution in [1.82, 2.24) is 0 Å². The molecule has 0 aromatic heterocycles. The van der Waals surface area contributed by atoms with Gasteiger partial charge < -0.3 is 0 Å². The van der Waals surface area contributed by atoms with Crippen LogP contribution in [0.5, 0.6) is 0 Å². The molecule has 4 heteroatoms. The normalized spacial score (nSPS) is 10.4. The van der Waals surface area contributed by atoms with Crippen LogP contribution in [0, 0.1) is 0 Å². The fraction of sp³-hybridized carbons (Fsp3) is 0.200. The maximum absolute atomic E-state index is 10.8. The molecule has 0 radical (unpaired) electrons. The van der Waals surface area contributed by atoms with Gasteiger partial charge in [0.05, 0.1) is 0 Å². The molecule has 14 heavy (non-hydrogen) atoms. The molecule has 0 unspecified atom stereocenters. The molecule has 0 heterocycles. The first-order valence-electron chi connectivity index (χ1n) is 3.95. The van der Waals surface area contributed by atoms with Crippen LogP contribution in [0.3, 0.4) is 0 Å². The number of hydrogen-bond donors (Lipinski definition) is 0. The Kier molecular flexibility index (Phi) is 5.78. The Morgan fingerprint density at radius 1 is 1.21 bits per heavy atom. The molecule has 0 atom stereocenters. The minimum atomic E-state index is -0.766. The van der Waals surface area contributed by atoms with E-state index in [1.807, 2.05) is 0 Å². The minimum absolute atomic E-state index is 0.162. The highest BCUT2D eigenvalue weighted by atomic mass is 17.2. The molecule has 0 aliphatic carbocycles. The van der Waals surface area contributed by atoms with Gasteiger partial charge in [0.15, 0.2) is 0 Å². The molecule has 76 valence electrons. The lowest BCUT2D eigenvalue weighted by molar-refractivity contribution is -0.251. The third-order valence-corrected chi connectivity index (χ3v) is 1.08. The predicted molar refractivity (Wildman–Crippen MR) is 51.0 cm³/mol. The second-order valence-electron chi connectivity index (χ2n) is 2.44. The molecule has 0 rings (SSSR count). The van der Waals surface area contributed by atoms with Gasteiger partial charge >= 0.3 is 11.9 Å². The van der Waals surface area contributed by atoms with E-state index < -0.39 is 11.9 Å². The monoisotopic (exact) mass is 196 g/mol. The van der Waals surface area contributed by atoms with Gasteiger partial charge in [0, 0.05) is 11.6 Å². The van der Waals surface area contributed by atoms with Crippen LogP contribution >= 0.6 is 0 Å². The summed E-state index contributed by atoms with van der Waals surface area (Å²) in [5.74, 6) is -1.52. The van der Waals surface area contributed by atoms with Gasteiger partial charge in [-0.05, 0) is 13.8 Å². The summed E-state index contributed by atoms with van der Waals surface area (Å²) < 4.78 is 0. The molecular weight excluding hydrogens is 184 g/mol. The Bertz CT molecular complexity index is 286. The lowest BCUT2D eigenvalue weighted by atomic mass is 10.4. The van der Waals surface area contributed by atoms with Crippen molar-refractivity contribution in [2.75, 3.05) is 0 Å². The molecule has 0 aromatic carbocycles. The Balaban J connectivity index is 3.86. The van der Waals surface area contributed by atoms with Gasteiger partial charge in [-0.15, -0.1) is 0 Å². The molecule has 0 aliphatic heterocycles. The van der Waals surface area contributed by atoms with E-state index in [0.717, 1.165) is 6.08 Å². The van der Waals surface area contributed by atoms with Crippen LogP contribution in [0.25, 0.3) is 0 Å². The molecule has 4 nitrogen and oxygen atoms in total. The van der Waals surface area contributed by atoms with Gasteiger partial charge in [0.2, 0.25) is 0 Å². The molecule has 0 bridgehead atoms. The summed E-state index contributed by atoms with van der Waals surface area (Å²) >= 11 is 0. The Morgan fingerprint density at radius 2 is 1.86 bits per heavy atom. The van der Waals surface area contributed by atoms with Crippen LogP contribution < -0.4 is 0 Å². The maximum atomic E-state index is 10.8. The summed E-state index contributed by atoms with van der Waals surface area (Å²) in [5.41, 5.74) is 0.162. The highest BCUT2D eigenvalue weighted by Gasteiger charge is 2.06. The second-order valence-corrected chi connectivity index (χ2v) is 2.44. The predicted octanol–water partition coefficient (Wildman–Crippen LogP) is 1.70. The van der Waals surface area contributed by atoms with Crippen molar-refractivity contribution in [2.45, 2.75) is 13.8 Å². The second kappa shape index (κ2) is 6.65. The lowest BCUT2D eigenvalue weighted by Crippen LogP contribution is -2.09. The van der Waals surface area contributed by atoms with Crippen molar-refractivity contribution in [2.24, 2.45) is 0 Å². The summed E-state index contributed by atoms with van der Waals surface area (Å²) in [6, 6.07) is 0. The standard InChI is InChI=1S/C10H12O4/c1-4-5-6-7-9(11)13-14-10(12)8(2)3/h4-7H,2H2,1,3H3/b5-4+,7-6+. The van der Waals surface area contributed by atoms with Gasteiger partial charge in [0.25, 0.3) is 0 Å². The zero-order valence-corrected chi connectivity index (χ0v) is 8.15. The summed E-state index contributed by atoms with van der Waals surface area (Å²) in [7, 11) is 0. The average Bonchev–Trinajstić information content (AvgIpc) is 2.14. The van der Waals surface area contributed by atoms with Crippen molar-refractivity contribution in [1.29, 1.82) is 0 Å².